The van der Waals surface area contributed by atoms with Gasteiger partial charge in [-0.1, -0.05) is 0 Å². The second kappa shape index (κ2) is 4.10. The molecule has 1 unspecified atom stereocenters. The molecule has 0 saturated carbocycles. The summed E-state index contributed by atoms with van der Waals surface area (Å²) in [6.45, 7) is 1.74. The monoisotopic (exact) mass is 190 g/mol. The lowest BCUT2D eigenvalue weighted by molar-refractivity contribution is 0.203. The Balaban J connectivity index is 2.46. The van der Waals surface area contributed by atoms with Crippen molar-refractivity contribution in [1.82, 2.24) is 9.80 Å². The van der Waals surface area contributed by atoms with Gasteiger partial charge in [-0.25, -0.2) is 0 Å². The Morgan fingerprint density at radius 1 is 1.67 bits per heavy atom. The summed E-state index contributed by atoms with van der Waals surface area (Å²) in [6, 6.07) is 0.324. The smallest absolute Gasteiger partial charge is 0.316 e. The average Bonchev–Trinajstić information content (AvgIpc) is 2.33. The number of halogens is 1. The van der Waals surface area contributed by atoms with Crippen molar-refractivity contribution in [2.24, 2.45) is 0 Å². The van der Waals surface area contributed by atoms with E-state index in [9.17, 15) is 4.79 Å². The van der Waals surface area contributed by atoms with Crippen LogP contribution < -0.4 is 0 Å². The first-order valence-corrected chi connectivity index (χ1v) is 4.60. The van der Waals surface area contributed by atoms with E-state index < -0.39 is 0 Å². The van der Waals surface area contributed by atoms with Crippen LogP contribution >= 0.6 is 11.6 Å². The highest BCUT2D eigenvalue weighted by Crippen LogP contribution is 2.19. The van der Waals surface area contributed by atoms with Crippen LogP contribution in [-0.2, 0) is 0 Å². The number of hydrogen-bond acceptors (Lipinski definition) is 2. The molecule has 3 nitrogen and oxygen atoms in total. The fourth-order valence-corrected chi connectivity index (χ4v) is 1.90. The number of amides is 1. The van der Waals surface area contributed by atoms with Crippen LogP contribution in [0.25, 0.3) is 0 Å². The third kappa shape index (κ3) is 2.35. The summed E-state index contributed by atoms with van der Waals surface area (Å²) < 4.78 is 0. The van der Waals surface area contributed by atoms with Gasteiger partial charge in [0.2, 0.25) is 0 Å². The van der Waals surface area contributed by atoms with Gasteiger partial charge in [-0.05, 0) is 38.5 Å². The first-order chi connectivity index (χ1) is 5.61. The van der Waals surface area contributed by atoms with E-state index in [2.05, 4.69) is 4.90 Å². The Morgan fingerprint density at radius 2 is 2.33 bits per heavy atom. The van der Waals surface area contributed by atoms with Crippen LogP contribution in [0.1, 0.15) is 12.8 Å². The summed E-state index contributed by atoms with van der Waals surface area (Å²) in [5, 5.41) is -0.306. The number of carbonyl (C=O) groups is 1. The van der Waals surface area contributed by atoms with Gasteiger partial charge < -0.3 is 9.80 Å². The second-order valence-corrected chi connectivity index (χ2v) is 3.83. The predicted molar refractivity (Wildman–Crippen MR) is 49.5 cm³/mol. The molecule has 0 aromatic rings. The van der Waals surface area contributed by atoms with E-state index >= 15 is 0 Å². The third-order valence-electron chi connectivity index (χ3n) is 2.18. The summed E-state index contributed by atoms with van der Waals surface area (Å²) in [6.07, 6.45) is 2.16. The Morgan fingerprint density at radius 3 is 2.83 bits per heavy atom. The minimum absolute atomic E-state index is 0.306. The van der Waals surface area contributed by atoms with Gasteiger partial charge >= 0.3 is 5.37 Å². The van der Waals surface area contributed by atoms with Gasteiger partial charge in [0.15, 0.2) is 0 Å². The van der Waals surface area contributed by atoms with Crippen molar-refractivity contribution in [3.05, 3.63) is 0 Å². The molecule has 0 bridgehead atoms. The van der Waals surface area contributed by atoms with Crippen molar-refractivity contribution in [2.75, 3.05) is 27.2 Å². The fourth-order valence-electron chi connectivity index (χ4n) is 1.68. The number of hydrogen-bond donors (Lipinski definition) is 0. The molecule has 0 N–H and O–H groups in total. The molecule has 1 saturated heterocycles. The molecule has 0 spiro atoms. The van der Waals surface area contributed by atoms with E-state index in [1.807, 2.05) is 14.1 Å². The Bertz CT molecular complexity index is 172. The largest absolute Gasteiger partial charge is 0.325 e. The minimum atomic E-state index is -0.306. The van der Waals surface area contributed by atoms with Gasteiger partial charge in [0.1, 0.15) is 0 Å². The maximum atomic E-state index is 10.9. The van der Waals surface area contributed by atoms with Crippen molar-refractivity contribution in [1.29, 1.82) is 0 Å². The molecule has 0 aromatic carbocycles. The van der Waals surface area contributed by atoms with E-state index in [1.54, 1.807) is 4.90 Å². The lowest BCUT2D eigenvalue weighted by atomic mass is 10.2. The van der Waals surface area contributed by atoms with Crippen molar-refractivity contribution < 1.29 is 4.79 Å². The molecule has 0 aliphatic carbocycles. The standard InChI is InChI=1S/C8H15ClN2O/c1-10(2)6-7-4-3-5-11(7)8(9)12/h7H,3-6H2,1-2H3. The van der Waals surface area contributed by atoms with Crippen LogP contribution in [0.5, 0.6) is 0 Å². The molecular formula is C8H15ClN2O. The molecule has 70 valence electrons. The zero-order chi connectivity index (χ0) is 9.14. The number of rotatable bonds is 2. The fraction of sp³-hybridized carbons (Fsp3) is 0.875. The normalized spacial score (nSPS) is 23.7. The van der Waals surface area contributed by atoms with Crippen molar-refractivity contribution in [3.63, 3.8) is 0 Å². The number of carbonyl (C=O) groups excluding carboxylic acids is 1. The van der Waals surface area contributed by atoms with Crippen LogP contribution in [0.2, 0.25) is 0 Å². The zero-order valence-corrected chi connectivity index (χ0v) is 8.34. The van der Waals surface area contributed by atoms with E-state index in [0.29, 0.717) is 6.04 Å². The summed E-state index contributed by atoms with van der Waals surface area (Å²) in [4.78, 5) is 14.7. The molecule has 1 heterocycles. The molecule has 1 aliphatic rings. The molecule has 1 aliphatic heterocycles. The molecular weight excluding hydrogens is 176 g/mol. The molecule has 1 amide bonds. The van der Waals surface area contributed by atoms with E-state index in [4.69, 9.17) is 11.6 Å². The first-order valence-electron chi connectivity index (χ1n) is 4.22. The lowest BCUT2D eigenvalue weighted by Gasteiger charge is -2.24. The number of likely N-dealkylation sites (N-methyl/N-ethyl adjacent to an activating group) is 1. The van der Waals surface area contributed by atoms with Gasteiger partial charge in [-0.3, -0.25) is 4.79 Å². The van der Waals surface area contributed by atoms with E-state index in [1.165, 1.54) is 0 Å². The van der Waals surface area contributed by atoms with Crippen molar-refractivity contribution >= 4 is 17.0 Å². The molecule has 1 atom stereocenters. The average molecular weight is 191 g/mol. The van der Waals surface area contributed by atoms with E-state index in [-0.39, 0.29) is 5.37 Å². The van der Waals surface area contributed by atoms with Gasteiger partial charge in [-0.2, -0.15) is 0 Å². The van der Waals surface area contributed by atoms with Crippen LogP contribution in [0.3, 0.4) is 0 Å². The maximum absolute atomic E-state index is 10.9. The van der Waals surface area contributed by atoms with Crippen molar-refractivity contribution in [2.45, 2.75) is 18.9 Å². The molecule has 1 fully saturated rings. The SMILES string of the molecule is CN(C)CC1CCCN1C(=O)Cl. The number of likely N-dealkylation sites (tertiary alicyclic amines) is 1. The summed E-state index contributed by atoms with van der Waals surface area (Å²) in [5.74, 6) is 0. The summed E-state index contributed by atoms with van der Waals surface area (Å²) in [5.41, 5.74) is 0. The van der Waals surface area contributed by atoms with Gasteiger partial charge in [0.05, 0.1) is 0 Å². The van der Waals surface area contributed by atoms with E-state index in [0.717, 1.165) is 25.9 Å². The van der Waals surface area contributed by atoms with Gasteiger partial charge in [-0.15, -0.1) is 0 Å². The maximum Gasteiger partial charge on any atom is 0.316 e. The predicted octanol–water partition coefficient (Wildman–Crippen LogP) is 1.37. The molecule has 1 rings (SSSR count). The Hall–Kier alpha value is -0.280. The zero-order valence-electron chi connectivity index (χ0n) is 7.59. The van der Waals surface area contributed by atoms with Gasteiger partial charge in [0.25, 0.3) is 0 Å². The highest BCUT2D eigenvalue weighted by molar-refractivity contribution is 6.62. The molecule has 12 heavy (non-hydrogen) atoms. The molecule has 0 radical (unpaired) electrons. The highest BCUT2D eigenvalue weighted by Gasteiger charge is 2.27. The van der Waals surface area contributed by atoms with Crippen LogP contribution in [0, 0.1) is 0 Å². The first kappa shape index (κ1) is 9.81. The molecule has 0 aromatic heterocycles. The topological polar surface area (TPSA) is 23.6 Å². The summed E-state index contributed by atoms with van der Waals surface area (Å²) >= 11 is 5.43. The quantitative estimate of drug-likeness (QED) is 0.485. The Kier molecular flexibility index (Phi) is 3.35. The number of nitrogens with zero attached hydrogens (tertiary/aromatic N) is 2. The van der Waals surface area contributed by atoms with Crippen molar-refractivity contribution in [3.8, 4) is 0 Å². The lowest BCUT2D eigenvalue weighted by Crippen LogP contribution is -2.38. The van der Waals surface area contributed by atoms with Crippen LogP contribution in [0.4, 0.5) is 4.79 Å². The third-order valence-corrected chi connectivity index (χ3v) is 2.40. The summed E-state index contributed by atoms with van der Waals surface area (Å²) in [7, 11) is 4.02. The van der Waals surface area contributed by atoms with Gasteiger partial charge in [0, 0.05) is 19.1 Å². The molecule has 4 heteroatoms. The van der Waals surface area contributed by atoms with Crippen LogP contribution in [-0.4, -0.2) is 48.4 Å². The highest BCUT2D eigenvalue weighted by atomic mass is 35.5. The second-order valence-electron chi connectivity index (χ2n) is 3.50. The minimum Gasteiger partial charge on any atom is -0.325 e. The Labute approximate surface area is 78.3 Å². The van der Waals surface area contributed by atoms with Crippen LogP contribution in [0.15, 0.2) is 0 Å².